The molecule has 3 aromatic rings. The number of para-hydroxylation sites is 1. The second-order valence-corrected chi connectivity index (χ2v) is 9.18. The van der Waals surface area contributed by atoms with Gasteiger partial charge in [-0.15, -0.1) is 0 Å². The summed E-state index contributed by atoms with van der Waals surface area (Å²) in [5.41, 5.74) is 3.71. The van der Waals surface area contributed by atoms with Gasteiger partial charge in [0.1, 0.15) is 0 Å². The molecule has 0 fully saturated rings. The van der Waals surface area contributed by atoms with E-state index in [2.05, 4.69) is 41.7 Å². The number of methoxy groups -OCH3 is 1. The van der Waals surface area contributed by atoms with Gasteiger partial charge in [-0.25, -0.2) is 4.98 Å². The molecule has 1 heterocycles. The average molecular weight is 432 g/mol. The molecule has 0 saturated carbocycles. The van der Waals surface area contributed by atoms with E-state index >= 15 is 0 Å². The van der Waals surface area contributed by atoms with Crippen LogP contribution < -0.4 is 5.32 Å². The first-order valence-electron chi connectivity index (χ1n) is 9.46. The van der Waals surface area contributed by atoms with Crippen molar-refractivity contribution in [3.8, 4) is 0 Å². The van der Waals surface area contributed by atoms with E-state index in [0.29, 0.717) is 18.2 Å². The van der Waals surface area contributed by atoms with Crippen LogP contribution in [0.25, 0.3) is 11.0 Å². The van der Waals surface area contributed by atoms with Gasteiger partial charge in [0, 0.05) is 24.4 Å². The fourth-order valence-corrected chi connectivity index (χ4v) is 4.16. The molecule has 3 rings (SSSR count). The van der Waals surface area contributed by atoms with Crippen molar-refractivity contribution < 1.29 is 9.53 Å². The Labute approximate surface area is 180 Å². The van der Waals surface area contributed by atoms with Crippen molar-refractivity contribution in [1.82, 2.24) is 9.55 Å². The zero-order valence-corrected chi connectivity index (χ0v) is 18.7. The van der Waals surface area contributed by atoms with Crippen LogP contribution in [0.3, 0.4) is 0 Å². The quantitative estimate of drug-likeness (QED) is 0.511. The molecule has 154 valence electrons. The zero-order chi connectivity index (χ0) is 21.0. The lowest BCUT2D eigenvalue weighted by Crippen LogP contribution is -2.20. The van der Waals surface area contributed by atoms with Crippen LogP contribution in [0.2, 0.25) is 5.02 Å². The van der Waals surface area contributed by atoms with Gasteiger partial charge in [0.05, 0.1) is 23.4 Å². The van der Waals surface area contributed by atoms with Gasteiger partial charge in [-0.2, -0.15) is 0 Å². The van der Waals surface area contributed by atoms with Gasteiger partial charge in [-0.3, -0.25) is 4.79 Å². The third kappa shape index (κ3) is 5.32. The number of thioether (sulfide) groups is 1. The number of nitrogens with one attached hydrogen (secondary N) is 1. The number of anilines is 1. The summed E-state index contributed by atoms with van der Waals surface area (Å²) >= 11 is 7.52. The molecule has 0 aliphatic rings. The summed E-state index contributed by atoms with van der Waals surface area (Å²) in [7, 11) is 1.67. The molecule has 0 aliphatic carbocycles. The lowest BCUT2D eigenvalue weighted by Gasteiger charge is -2.23. The van der Waals surface area contributed by atoms with E-state index in [0.717, 1.165) is 27.4 Å². The number of hydrogen-bond donors (Lipinski definition) is 1. The lowest BCUT2D eigenvalue weighted by molar-refractivity contribution is -0.113. The average Bonchev–Trinajstić information content (AvgIpc) is 3.00. The molecule has 0 unspecified atom stereocenters. The number of carbonyl (C=O) groups excluding carboxylic acids is 1. The second-order valence-electron chi connectivity index (χ2n) is 7.80. The van der Waals surface area contributed by atoms with Gasteiger partial charge in [0.15, 0.2) is 5.16 Å². The molecular weight excluding hydrogens is 406 g/mol. The number of fused-ring (bicyclic) bond motifs is 1. The Hall–Kier alpha value is -2.02. The Kier molecular flexibility index (Phi) is 6.88. The van der Waals surface area contributed by atoms with Crippen LogP contribution in [-0.2, 0) is 21.5 Å². The molecule has 5 nitrogen and oxygen atoms in total. The van der Waals surface area contributed by atoms with Crippen molar-refractivity contribution in [1.29, 1.82) is 0 Å². The van der Waals surface area contributed by atoms with Crippen LogP contribution in [0.4, 0.5) is 5.69 Å². The number of benzene rings is 2. The highest BCUT2D eigenvalue weighted by Crippen LogP contribution is 2.30. The minimum absolute atomic E-state index is 0.0512. The van der Waals surface area contributed by atoms with Crippen LogP contribution >= 0.6 is 23.4 Å². The molecule has 1 amide bonds. The van der Waals surface area contributed by atoms with E-state index in [9.17, 15) is 4.79 Å². The molecule has 0 spiro atoms. The van der Waals surface area contributed by atoms with Crippen LogP contribution in [0.1, 0.15) is 26.3 Å². The third-order valence-electron chi connectivity index (χ3n) is 4.54. The second kappa shape index (κ2) is 9.20. The maximum atomic E-state index is 12.6. The Morgan fingerprint density at radius 2 is 2.00 bits per heavy atom. The van der Waals surface area contributed by atoms with Gasteiger partial charge in [0.25, 0.3) is 0 Å². The summed E-state index contributed by atoms with van der Waals surface area (Å²) in [4.78, 5) is 17.3. The Morgan fingerprint density at radius 3 is 2.72 bits per heavy atom. The monoisotopic (exact) mass is 431 g/mol. The first-order chi connectivity index (χ1) is 13.8. The van der Waals surface area contributed by atoms with Crippen molar-refractivity contribution in [2.75, 3.05) is 24.8 Å². The molecule has 1 aromatic heterocycles. The third-order valence-corrected chi connectivity index (χ3v) is 5.75. The molecular formula is C22H26ClN3O2S. The number of carbonyl (C=O) groups is 1. The molecule has 0 saturated heterocycles. The number of rotatable bonds is 7. The van der Waals surface area contributed by atoms with E-state index in [1.165, 1.54) is 11.8 Å². The number of nitrogens with zero attached hydrogens (tertiary/aromatic N) is 2. The van der Waals surface area contributed by atoms with Crippen molar-refractivity contribution >= 4 is 46.0 Å². The number of aromatic nitrogens is 2. The van der Waals surface area contributed by atoms with Gasteiger partial charge in [-0.05, 0) is 35.2 Å². The standard InChI is InChI=1S/C22H26ClN3O2S/c1-22(2,3)16-7-5-6-8-17(16)24-20(27)14-29-21-25-18-13-15(23)9-10-19(18)26(21)11-12-28-4/h5-10,13H,11-12,14H2,1-4H3,(H,24,27). The SMILES string of the molecule is COCCn1c(SCC(=O)Nc2ccccc2C(C)(C)C)nc2cc(Cl)ccc21. The Bertz CT molecular complexity index is 1010. The van der Waals surface area contributed by atoms with Crippen LogP contribution in [0.15, 0.2) is 47.6 Å². The fourth-order valence-electron chi connectivity index (χ4n) is 3.15. The van der Waals surface area contributed by atoms with E-state index in [-0.39, 0.29) is 17.1 Å². The van der Waals surface area contributed by atoms with Crippen molar-refractivity contribution in [3.63, 3.8) is 0 Å². The molecule has 0 atom stereocenters. The molecule has 29 heavy (non-hydrogen) atoms. The number of imidazole rings is 1. The predicted octanol–water partition coefficient (Wildman–Crippen LogP) is 5.36. The van der Waals surface area contributed by atoms with Crippen molar-refractivity contribution in [2.24, 2.45) is 0 Å². The summed E-state index contributed by atoms with van der Waals surface area (Å²) < 4.78 is 7.29. The summed E-state index contributed by atoms with van der Waals surface area (Å²) in [5.74, 6) is 0.206. The smallest absolute Gasteiger partial charge is 0.234 e. The van der Waals surface area contributed by atoms with Crippen LogP contribution in [0.5, 0.6) is 0 Å². The summed E-state index contributed by atoms with van der Waals surface area (Å²) in [6.45, 7) is 7.63. The zero-order valence-electron chi connectivity index (χ0n) is 17.2. The molecule has 1 N–H and O–H groups in total. The van der Waals surface area contributed by atoms with Gasteiger partial charge in [-0.1, -0.05) is 62.3 Å². The normalized spacial score (nSPS) is 11.8. The summed E-state index contributed by atoms with van der Waals surface area (Å²) in [6.07, 6.45) is 0. The Morgan fingerprint density at radius 1 is 1.24 bits per heavy atom. The topological polar surface area (TPSA) is 56.1 Å². The highest BCUT2D eigenvalue weighted by atomic mass is 35.5. The predicted molar refractivity (Wildman–Crippen MR) is 121 cm³/mol. The first-order valence-corrected chi connectivity index (χ1v) is 10.8. The number of halogens is 1. The maximum Gasteiger partial charge on any atom is 0.234 e. The minimum Gasteiger partial charge on any atom is -0.383 e. The van der Waals surface area contributed by atoms with E-state index in [4.69, 9.17) is 16.3 Å². The van der Waals surface area contributed by atoms with E-state index < -0.39 is 0 Å². The maximum absolute atomic E-state index is 12.6. The largest absolute Gasteiger partial charge is 0.383 e. The fraction of sp³-hybridized carbons (Fsp3) is 0.364. The Balaban J connectivity index is 1.76. The first kappa shape index (κ1) is 21.7. The lowest BCUT2D eigenvalue weighted by atomic mass is 9.86. The molecule has 7 heteroatoms. The van der Waals surface area contributed by atoms with Crippen LogP contribution in [0, 0.1) is 0 Å². The van der Waals surface area contributed by atoms with Gasteiger partial charge >= 0.3 is 0 Å². The molecule has 2 aromatic carbocycles. The molecule has 0 bridgehead atoms. The van der Waals surface area contributed by atoms with Crippen LogP contribution in [-0.4, -0.2) is 34.9 Å². The van der Waals surface area contributed by atoms with Gasteiger partial charge < -0.3 is 14.6 Å². The molecule has 0 radical (unpaired) electrons. The van der Waals surface area contributed by atoms with Crippen molar-refractivity contribution in [2.45, 2.75) is 37.9 Å². The highest BCUT2D eigenvalue weighted by Gasteiger charge is 2.19. The molecule has 0 aliphatic heterocycles. The highest BCUT2D eigenvalue weighted by molar-refractivity contribution is 7.99. The van der Waals surface area contributed by atoms with E-state index in [1.54, 1.807) is 7.11 Å². The van der Waals surface area contributed by atoms with Crippen molar-refractivity contribution in [3.05, 3.63) is 53.1 Å². The number of hydrogen-bond acceptors (Lipinski definition) is 4. The minimum atomic E-state index is -0.0601. The number of amides is 1. The van der Waals surface area contributed by atoms with Gasteiger partial charge in [0.2, 0.25) is 5.91 Å². The summed E-state index contributed by atoms with van der Waals surface area (Å²) in [6, 6.07) is 13.6. The summed E-state index contributed by atoms with van der Waals surface area (Å²) in [5, 5.41) is 4.47. The number of ether oxygens (including phenoxy) is 1. The van der Waals surface area contributed by atoms with E-state index in [1.807, 2.05) is 36.4 Å².